The number of unbranched alkanes of at least 4 members (excludes halogenated alkanes) is 2. The van der Waals surface area contributed by atoms with Crippen molar-refractivity contribution in [2.75, 3.05) is 0 Å². The molecule has 0 radical (unpaired) electrons. The second-order valence-electron chi connectivity index (χ2n) is 4.36. The Morgan fingerprint density at radius 1 is 1.35 bits per heavy atom. The first-order chi connectivity index (χ1) is 8.26. The zero-order valence-electron chi connectivity index (χ0n) is 10.4. The summed E-state index contributed by atoms with van der Waals surface area (Å²) in [5.74, 6) is 1.11. The molecule has 2 rings (SSSR count). The summed E-state index contributed by atoms with van der Waals surface area (Å²) in [6.45, 7) is 2.20. The van der Waals surface area contributed by atoms with E-state index in [4.69, 9.17) is 5.26 Å². The summed E-state index contributed by atoms with van der Waals surface area (Å²) in [6.07, 6.45) is 4.66. The minimum Gasteiger partial charge on any atom is -0.331 e. The molecular formula is C14H17N3. The second-order valence-corrected chi connectivity index (χ2v) is 4.36. The van der Waals surface area contributed by atoms with Crippen LogP contribution in [0.3, 0.4) is 0 Å². The summed E-state index contributed by atoms with van der Waals surface area (Å²) in [6, 6.07) is 7.83. The van der Waals surface area contributed by atoms with E-state index in [0.29, 0.717) is 5.56 Å². The lowest BCUT2D eigenvalue weighted by atomic mass is 10.2. The zero-order valence-corrected chi connectivity index (χ0v) is 10.4. The molecule has 3 heteroatoms. The molecule has 0 aliphatic rings. The van der Waals surface area contributed by atoms with Gasteiger partial charge in [-0.3, -0.25) is 0 Å². The molecule has 1 heterocycles. The molecule has 1 aromatic carbocycles. The highest BCUT2D eigenvalue weighted by molar-refractivity contribution is 5.77. The molecule has 88 valence electrons. The van der Waals surface area contributed by atoms with Crippen LogP contribution in [0.1, 0.15) is 37.6 Å². The maximum atomic E-state index is 8.89. The number of hydrogen-bond acceptors (Lipinski definition) is 2. The molecule has 0 spiro atoms. The molecule has 3 nitrogen and oxygen atoms in total. The van der Waals surface area contributed by atoms with Gasteiger partial charge < -0.3 is 4.57 Å². The van der Waals surface area contributed by atoms with E-state index in [9.17, 15) is 0 Å². The molecule has 0 unspecified atom stereocenters. The van der Waals surface area contributed by atoms with Crippen LogP contribution < -0.4 is 0 Å². The molecule has 0 saturated carbocycles. The van der Waals surface area contributed by atoms with Crippen molar-refractivity contribution in [1.82, 2.24) is 9.55 Å². The highest BCUT2D eigenvalue weighted by atomic mass is 15.1. The summed E-state index contributed by atoms with van der Waals surface area (Å²) in [4.78, 5) is 4.61. The fourth-order valence-corrected chi connectivity index (χ4v) is 2.07. The van der Waals surface area contributed by atoms with Gasteiger partial charge in [-0.1, -0.05) is 19.8 Å². The topological polar surface area (TPSA) is 41.6 Å². The zero-order chi connectivity index (χ0) is 12.3. The summed E-state index contributed by atoms with van der Waals surface area (Å²) < 4.78 is 2.10. The van der Waals surface area contributed by atoms with Crippen LogP contribution >= 0.6 is 0 Å². The Kier molecular flexibility index (Phi) is 3.43. The number of nitriles is 1. The first-order valence-electron chi connectivity index (χ1n) is 6.11. The van der Waals surface area contributed by atoms with Crippen molar-refractivity contribution in [3.05, 3.63) is 29.6 Å². The second kappa shape index (κ2) is 5.01. The van der Waals surface area contributed by atoms with Crippen molar-refractivity contribution in [2.45, 2.75) is 32.6 Å². The largest absolute Gasteiger partial charge is 0.331 e. The lowest BCUT2D eigenvalue weighted by Crippen LogP contribution is -1.97. The van der Waals surface area contributed by atoms with Gasteiger partial charge in [0.25, 0.3) is 0 Å². The van der Waals surface area contributed by atoms with Gasteiger partial charge in [-0.15, -0.1) is 0 Å². The fourth-order valence-electron chi connectivity index (χ4n) is 2.07. The van der Waals surface area contributed by atoms with Gasteiger partial charge in [0.2, 0.25) is 0 Å². The van der Waals surface area contributed by atoms with E-state index in [1.807, 2.05) is 25.2 Å². The predicted octanol–water partition coefficient (Wildman–Crippen LogP) is 3.18. The number of fused-ring (bicyclic) bond motifs is 1. The van der Waals surface area contributed by atoms with Gasteiger partial charge in [-0.05, 0) is 24.6 Å². The van der Waals surface area contributed by atoms with Crippen LogP contribution in [0, 0.1) is 11.3 Å². The third-order valence-electron chi connectivity index (χ3n) is 3.11. The molecule has 0 aliphatic heterocycles. The quantitative estimate of drug-likeness (QED) is 0.753. The van der Waals surface area contributed by atoms with Crippen LogP contribution in [-0.2, 0) is 13.5 Å². The summed E-state index contributed by atoms with van der Waals surface area (Å²) in [7, 11) is 2.03. The standard InChI is InChI=1S/C14H17N3/c1-3-4-5-6-14-16-12-8-7-11(10-15)9-13(12)17(14)2/h7-9H,3-6H2,1-2H3. The fraction of sp³-hybridized carbons (Fsp3) is 0.429. The van der Waals surface area contributed by atoms with E-state index < -0.39 is 0 Å². The lowest BCUT2D eigenvalue weighted by molar-refractivity contribution is 0.676. The molecule has 17 heavy (non-hydrogen) atoms. The van der Waals surface area contributed by atoms with Gasteiger partial charge in [0.05, 0.1) is 22.7 Å². The molecular weight excluding hydrogens is 210 g/mol. The van der Waals surface area contributed by atoms with Crippen molar-refractivity contribution in [3.8, 4) is 6.07 Å². The number of nitrogens with zero attached hydrogens (tertiary/aromatic N) is 3. The average molecular weight is 227 g/mol. The van der Waals surface area contributed by atoms with Crippen molar-refractivity contribution >= 4 is 11.0 Å². The first-order valence-corrected chi connectivity index (χ1v) is 6.11. The van der Waals surface area contributed by atoms with Crippen LogP contribution in [0.2, 0.25) is 0 Å². The monoisotopic (exact) mass is 227 g/mol. The van der Waals surface area contributed by atoms with Crippen LogP contribution in [0.4, 0.5) is 0 Å². The number of aryl methyl sites for hydroxylation is 2. The number of rotatable bonds is 4. The normalized spacial score (nSPS) is 10.6. The lowest BCUT2D eigenvalue weighted by Gasteiger charge is -2.01. The number of imidazole rings is 1. The van der Waals surface area contributed by atoms with E-state index in [1.165, 1.54) is 19.3 Å². The van der Waals surface area contributed by atoms with Crippen LogP contribution in [0.15, 0.2) is 18.2 Å². The minimum atomic E-state index is 0.695. The number of aromatic nitrogens is 2. The summed E-state index contributed by atoms with van der Waals surface area (Å²) >= 11 is 0. The Labute approximate surface area is 102 Å². The average Bonchev–Trinajstić information content (AvgIpc) is 2.66. The molecule has 0 saturated heterocycles. The van der Waals surface area contributed by atoms with E-state index >= 15 is 0 Å². The Morgan fingerprint density at radius 3 is 2.88 bits per heavy atom. The molecule has 0 atom stereocenters. The maximum Gasteiger partial charge on any atom is 0.109 e. The highest BCUT2D eigenvalue weighted by Crippen LogP contribution is 2.17. The number of benzene rings is 1. The third-order valence-corrected chi connectivity index (χ3v) is 3.11. The van der Waals surface area contributed by atoms with Gasteiger partial charge in [0.15, 0.2) is 0 Å². The van der Waals surface area contributed by atoms with Crippen molar-refractivity contribution < 1.29 is 0 Å². The Bertz CT molecular complexity index is 561. The Balaban J connectivity index is 2.33. The molecule has 0 fully saturated rings. The molecule has 1 aromatic heterocycles. The van der Waals surface area contributed by atoms with Gasteiger partial charge >= 0.3 is 0 Å². The van der Waals surface area contributed by atoms with Crippen molar-refractivity contribution in [3.63, 3.8) is 0 Å². The molecule has 0 N–H and O–H groups in total. The first kappa shape index (κ1) is 11.7. The Morgan fingerprint density at radius 2 is 2.18 bits per heavy atom. The van der Waals surface area contributed by atoms with Gasteiger partial charge in [0, 0.05) is 13.5 Å². The summed E-state index contributed by atoms with van der Waals surface area (Å²) in [5, 5.41) is 8.89. The van der Waals surface area contributed by atoms with Gasteiger partial charge in [-0.25, -0.2) is 4.98 Å². The predicted molar refractivity (Wildman–Crippen MR) is 68.7 cm³/mol. The highest BCUT2D eigenvalue weighted by Gasteiger charge is 2.07. The van der Waals surface area contributed by atoms with E-state index in [2.05, 4.69) is 22.5 Å². The van der Waals surface area contributed by atoms with Crippen LogP contribution in [-0.4, -0.2) is 9.55 Å². The number of hydrogen-bond donors (Lipinski definition) is 0. The SMILES string of the molecule is CCCCCc1nc2ccc(C#N)cc2n1C. The molecule has 0 amide bonds. The summed E-state index contributed by atoms with van der Waals surface area (Å²) in [5.41, 5.74) is 2.73. The van der Waals surface area contributed by atoms with Crippen molar-refractivity contribution in [1.29, 1.82) is 5.26 Å². The van der Waals surface area contributed by atoms with E-state index in [-0.39, 0.29) is 0 Å². The molecule has 0 aliphatic carbocycles. The minimum absolute atomic E-state index is 0.695. The van der Waals surface area contributed by atoms with Gasteiger partial charge in [-0.2, -0.15) is 5.26 Å². The molecule has 2 aromatic rings. The maximum absolute atomic E-state index is 8.89. The molecule has 0 bridgehead atoms. The van der Waals surface area contributed by atoms with Crippen LogP contribution in [0.25, 0.3) is 11.0 Å². The third kappa shape index (κ3) is 2.31. The van der Waals surface area contributed by atoms with Crippen LogP contribution in [0.5, 0.6) is 0 Å². The van der Waals surface area contributed by atoms with E-state index in [1.54, 1.807) is 0 Å². The smallest absolute Gasteiger partial charge is 0.109 e. The Hall–Kier alpha value is -1.82. The van der Waals surface area contributed by atoms with E-state index in [0.717, 1.165) is 23.3 Å². The van der Waals surface area contributed by atoms with Crippen molar-refractivity contribution in [2.24, 2.45) is 7.05 Å². The van der Waals surface area contributed by atoms with Gasteiger partial charge in [0.1, 0.15) is 5.82 Å².